The van der Waals surface area contributed by atoms with Crippen molar-refractivity contribution in [1.82, 2.24) is 0 Å². The molecule has 3 aliphatic carbocycles. The van der Waals surface area contributed by atoms with E-state index in [4.69, 9.17) is 0 Å². The molecule has 23 heavy (non-hydrogen) atoms. The average molecular weight is 321 g/mol. The van der Waals surface area contributed by atoms with Crippen molar-refractivity contribution in [3.8, 4) is 0 Å². The maximum atomic E-state index is 2.40. The maximum Gasteiger partial charge on any atom is -0.0355 e. The molecular formula is C23H44. The van der Waals surface area contributed by atoms with E-state index in [0.717, 1.165) is 29.6 Å². The monoisotopic (exact) mass is 320 g/mol. The first-order valence-corrected chi connectivity index (χ1v) is 11.3. The maximum absolute atomic E-state index is 2.40. The lowest BCUT2D eigenvalue weighted by Crippen LogP contribution is -2.34. The Kier molecular flexibility index (Phi) is 9.06. The predicted molar refractivity (Wildman–Crippen MR) is 104 cm³/mol. The van der Waals surface area contributed by atoms with Gasteiger partial charge in [0.2, 0.25) is 0 Å². The van der Waals surface area contributed by atoms with Crippen LogP contribution in [0.2, 0.25) is 0 Å². The van der Waals surface area contributed by atoms with E-state index in [2.05, 4.69) is 20.8 Å². The molecule has 0 aromatic carbocycles. The lowest BCUT2D eigenvalue weighted by Gasteiger charge is -2.44. The highest BCUT2D eigenvalue weighted by molar-refractivity contribution is 4.87. The molecule has 0 saturated heterocycles. The first-order valence-electron chi connectivity index (χ1n) is 11.3. The second-order valence-corrected chi connectivity index (χ2v) is 8.79. The van der Waals surface area contributed by atoms with Gasteiger partial charge in [-0.05, 0) is 42.4 Å². The largest absolute Gasteiger partial charge is 0.0651 e. The summed E-state index contributed by atoms with van der Waals surface area (Å²) in [7, 11) is 0. The first kappa shape index (κ1) is 19.3. The summed E-state index contributed by atoms with van der Waals surface area (Å²) in [6.45, 7) is 7.12. The van der Waals surface area contributed by atoms with Gasteiger partial charge < -0.3 is 0 Å². The molecular weight excluding hydrogens is 276 g/mol. The van der Waals surface area contributed by atoms with Crippen molar-refractivity contribution in [3.63, 3.8) is 0 Å². The number of hydrogen-bond donors (Lipinski definition) is 0. The highest BCUT2D eigenvalue weighted by atomic mass is 14.4. The fourth-order valence-electron chi connectivity index (χ4n) is 6.06. The fourth-order valence-corrected chi connectivity index (χ4v) is 6.06. The topological polar surface area (TPSA) is 0 Å². The van der Waals surface area contributed by atoms with Gasteiger partial charge in [-0.3, -0.25) is 0 Å². The molecule has 0 N–H and O–H groups in total. The molecule has 0 bridgehead atoms. The third-order valence-electron chi connectivity index (χ3n) is 7.59. The summed E-state index contributed by atoms with van der Waals surface area (Å²) in [5.41, 5.74) is 0. The Bertz CT molecular complexity index is 282. The van der Waals surface area contributed by atoms with Crippen LogP contribution in [0.25, 0.3) is 0 Å². The molecule has 3 fully saturated rings. The van der Waals surface area contributed by atoms with Gasteiger partial charge in [-0.1, -0.05) is 104 Å². The molecule has 0 heterocycles. The zero-order valence-electron chi connectivity index (χ0n) is 16.5. The van der Waals surface area contributed by atoms with Crippen molar-refractivity contribution < 1.29 is 0 Å². The summed E-state index contributed by atoms with van der Waals surface area (Å²) in [6, 6.07) is 0. The Morgan fingerprint density at radius 3 is 1.87 bits per heavy atom. The molecule has 0 aromatic heterocycles. The molecule has 0 aromatic rings. The quantitative estimate of drug-likeness (QED) is 0.492. The van der Waals surface area contributed by atoms with Gasteiger partial charge in [-0.2, -0.15) is 0 Å². The van der Waals surface area contributed by atoms with E-state index in [0.29, 0.717) is 0 Å². The Balaban J connectivity index is 0.000000203. The molecule has 0 radical (unpaired) electrons. The summed E-state index contributed by atoms with van der Waals surface area (Å²) >= 11 is 0. The minimum absolute atomic E-state index is 1.04. The fraction of sp³-hybridized carbons (Fsp3) is 1.00. The molecule has 0 heteroatoms. The van der Waals surface area contributed by atoms with Crippen LogP contribution >= 0.6 is 0 Å². The van der Waals surface area contributed by atoms with Gasteiger partial charge in [0, 0.05) is 0 Å². The summed E-state index contributed by atoms with van der Waals surface area (Å²) in [6.07, 6.45) is 22.6. The highest BCUT2D eigenvalue weighted by Gasteiger charge is 2.37. The van der Waals surface area contributed by atoms with Crippen molar-refractivity contribution in [2.45, 2.75) is 117 Å². The van der Waals surface area contributed by atoms with E-state index in [1.807, 2.05) is 0 Å². The molecule has 3 aliphatic rings. The number of rotatable bonds is 4. The predicted octanol–water partition coefficient (Wildman–Crippen LogP) is 8.01. The summed E-state index contributed by atoms with van der Waals surface area (Å²) in [4.78, 5) is 0. The summed E-state index contributed by atoms with van der Waals surface area (Å²) in [5, 5.41) is 0. The highest BCUT2D eigenvalue weighted by Crippen LogP contribution is 2.47. The average Bonchev–Trinajstić information content (AvgIpc) is 2.64. The summed E-state index contributed by atoms with van der Waals surface area (Å²) in [5.74, 6) is 5.47. The van der Waals surface area contributed by atoms with Crippen LogP contribution in [0.1, 0.15) is 117 Å². The van der Waals surface area contributed by atoms with Gasteiger partial charge in [0.25, 0.3) is 0 Å². The van der Waals surface area contributed by atoms with E-state index in [1.165, 1.54) is 70.6 Å². The first-order chi connectivity index (χ1) is 11.3. The smallest absolute Gasteiger partial charge is 0.0355 e. The molecule has 0 spiro atoms. The molecule has 0 nitrogen and oxygen atoms in total. The van der Waals surface area contributed by atoms with Gasteiger partial charge >= 0.3 is 0 Å². The minimum Gasteiger partial charge on any atom is -0.0651 e. The van der Waals surface area contributed by atoms with Crippen molar-refractivity contribution in [3.05, 3.63) is 0 Å². The second kappa shape index (κ2) is 10.8. The van der Waals surface area contributed by atoms with Crippen molar-refractivity contribution >= 4 is 0 Å². The molecule has 3 unspecified atom stereocenters. The van der Waals surface area contributed by atoms with Crippen LogP contribution in [0, 0.1) is 29.6 Å². The van der Waals surface area contributed by atoms with Crippen LogP contribution in [0.3, 0.4) is 0 Å². The molecule has 0 aliphatic heterocycles. The minimum atomic E-state index is 1.04. The van der Waals surface area contributed by atoms with E-state index in [-0.39, 0.29) is 0 Å². The van der Waals surface area contributed by atoms with Crippen molar-refractivity contribution in [1.29, 1.82) is 0 Å². The Morgan fingerprint density at radius 2 is 1.26 bits per heavy atom. The van der Waals surface area contributed by atoms with E-state index in [9.17, 15) is 0 Å². The molecule has 136 valence electrons. The standard InChI is InChI=1S/C15H28.C8H16/c1-3-12(4-2)14-11-7-9-13-8-5-6-10-15(13)14;1-2-8-6-4-3-5-7-8/h12-15H,3-11H2,1-2H3;8H,2-7H2,1H3. The normalized spacial score (nSPS) is 32.1. The Hall–Kier alpha value is 0. The summed E-state index contributed by atoms with van der Waals surface area (Å²) < 4.78 is 0. The van der Waals surface area contributed by atoms with Crippen LogP contribution in [-0.2, 0) is 0 Å². The number of hydrogen-bond acceptors (Lipinski definition) is 0. The lowest BCUT2D eigenvalue weighted by molar-refractivity contribution is 0.0608. The van der Waals surface area contributed by atoms with E-state index >= 15 is 0 Å². The molecule has 3 atom stereocenters. The zero-order valence-corrected chi connectivity index (χ0v) is 16.5. The molecule has 3 saturated carbocycles. The van der Waals surface area contributed by atoms with Crippen molar-refractivity contribution in [2.24, 2.45) is 29.6 Å². The van der Waals surface area contributed by atoms with Crippen LogP contribution in [-0.4, -0.2) is 0 Å². The third kappa shape index (κ3) is 5.79. The molecule has 3 rings (SSSR count). The van der Waals surface area contributed by atoms with Crippen LogP contribution < -0.4 is 0 Å². The van der Waals surface area contributed by atoms with Crippen LogP contribution in [0.4, 0.5) is 0 Å². The number of fused-ring (bicyclic) bond motifs is 1. The van der Waals surface area contributed by atoms with Gasteiger partial charge in [-0.25, -0.2) is 0 Å². The van der Waals surface area contributed by atoms with Crippen LogP contribution in [0.5, 0.6) is 0 Å². The van der Waals surface area contributed by atoms with Gasteiger partial charge in [-0.15, -0.1) is 0 Å². The second-order valence-electron chi connectivity index (χ2n) is 8.79. The van der Waals surface area contributed by atoms with E-state index < -0.39 is 0 Å². The third-order valence-corrected chi connectivity index (χ3v) is 7.59. The SMILES string of the molecule is CCC(CC)C1CCCC2CCCCC21.CCC1CCCCC1. The van der Waals surface area contributed by atoms with Crippen molar-refractivity contribution in [2.75, 3.05) is 0 Å². The lowest BCUT2D eigenvalue weighted by atomic mass is 9.61. The van der Waals surface area contributed by atoms with E-state index in [1.54, 1.807) is 25.7 Å². The Morgan fingerprint density at radius 1 is 0.652 bits per heavy atom. The van der Waals surface area contributed by atoms with Gasteiger partial charge in [0.15, 0.2) is 0 Å². The van der Waals surface area contributed by atoms with Crippen LogP contribution in [0.15, 0.2) is 0 Å². The van der Waals surface area contributed by atoms with Gasteiger partial charge in [0.05, 0.1) is 0 Å². The zero-order chi connectivity index (χ0) is 16.5. The molecule has 0 amide bonds. The van der Waals surface area contributed by atoms with Gasteiger partial charge in [0.1, 0.15) is 0 Å². The Labute approximate surface area is 147 Å².